The summed E-state index contributed by atoms with van der Waals surface area (Å²) in [4.78, 5) is 61.1. The topological polar surface area (TPSA) is 117 Å². The number of aliphatic hydroxyl groups excluding tert-OH is 1. The number of amides is 2. The van der Waals surface area contributed by atoms with E-state index in [2.05, 4.69) is 13.8 Å². The quantitative estimate of drug-likeness (QED) is 0.153. The molecule has 1 aromatic carbocycles. The molecular weight excluding hydrogens is 658 g/mol. The van der Waals surface area contributed by atoms with Crippen LogP contribution in [0.4, 0.5) is 0 Å². The lowest BCUT2D eigenvalue weighted by atomic mass is 9.83. The zero-order valence-electron chi connectivity index (χ0n) is 34.5. The third-order valence-corrected chi connectivity index (χ3v) is 11.6. The molecule has 2 amide bonds. The van der Waals surface area contributed by atoms with Gasteiger partial charge in [-0.2, -0.15) is 0 Å². The zero-order valence-corrected chi connectivity index (χ0v) is 34.5. The summed E-state index contributed by atoms with van der Waals surface area (Å²) in [5, 5.41) is 10.9. The maximum absolute atomic E-state index is 14.3. The summed E-state index contributed by atoms with van der Waals surface area (Å²) in [6, 6.07) is 8.40. The van der Waals surface area contributed by atoms with Gasteiger partial charge in [-0.05, 0) is 56.2 Å². The number of Topliss-reactive ketones (excluding diaryl/α,β-unsaturated/α-hetero) is 2. The predicted octanol–water partition coefficient (Wildman–Crippen LogP) is 6.05. The number of hydrogen-bond acceptors (Lipinski definition) is 8. The van der Waals surface area contributed by atoms with E-state index in [4.69, 9.17) is 9.47 Å². The van der Waals surface area contributed by atoms with Crippen molar-refractivity contribution in [2.75, 3.05) is 41.9 Å². The van der Waals surface area contributed by atoms with Crippen molar-refractivity contribution in [3.8, 4) is 0 Å². The SMILES string of the molecule is CC[C@H](C)[C@@H](C(CC(=O)N1CCC[C@H]1[C@H](OC)[C@@H](C)C(=O)C[C@H](C)[C@@H](O)c1ccccc1)OC)N(C)C(=O)[C@@H](CC(=O)[C@H](C(C)C)N(C)C)C(C)C. The number of carbonyl (C=O) groups excluding carboxylic acids is 4. The lowest BCUT2D eigenvalue weighted by molar-refractivity contribution is -0.149. The number of aliphatic hydroxyl groups is 1. The summed E-state index contributed by atoms with van der Waals surface area (Å²) >= 11 is 0. The van der Waals surface area contributed by atoms with Crippen molar-refractivity contribution in [1.82, 2.24) is 14.7 Å². The summed E-state index contributed by atoms with van der Waals surface area (Å²) in [7, 11) is 8.76. The highest BCUT2D eigenvalue weighted by molar-refractivity contribution is 5.90. The Balaban J connectivity index is 2.25. The zero-order chi connectivity index (χ0) is 39.4. The molecule has 1 aromatic rings. The minimum atomic E-state index is -0.761. The Kier molecular flexibility index (Phi) is 18.6. The van der Waals surface area contributed by atoms with Crippen LogP contribution in [0, 0.1) is 35.5 Å². The van der Waals surface area contributed by atoms with Crippen molar-refractivity contribution in [3.63, 3.8) is 0 Å². The molecule has 1 aliphatic rings. The van der Waals surface area contributed by atoms with Crippen LogP contribution in [0.25, 0.3) is 0 Å². The van der Waals surface area contributed by atoms with Crippen LogP contribution in [0.3, 0.4) is 0 Å². The molecule has 1 fully saturated rings. The second-order valence-electron chi connectivity index (χ2n) is 16.3. The van der Waals surface area contributed by atoms with Crippen molar-refractivity contribution >= 4 is 23.4 Å². The van der Waals surface area contributed by atoms with Crippen molar-refractivity contribution in [3.05, 3.63) is 35.9 Å². The standard InChI is InChI=1S/C42H71N3O7/c1-14-28(6)39(44(11)42(50)32(26(2)3)24-35(47)38(27(4)5)43(9)10)36(51-12)25-37(48)45-22-18-21-33(45)41(52-13)30(8)34(46)23-29(7)40(49)31-19-16-15-17-20-31/h15-17,19-20,26-30,32-33,36,38-41,49H,14,18,21-25H2,1-13H3/t28-,29-,30-,32-,33-,36?,38-,39-,40+,41+/m0/s1. The first-order valence-electron chi connectivity index (χ1n) is 19.5. The third kappa shape index (κ3) is 11.7. The molecule has 0 bridgehead atoms. The van der Waals surface area contributed by atoms with Gasteiger partial charge in [0.1, 0.15) is 5.78 Å². The van der Waals surface area contributed by atoms with Crippen molar-refractivity contribution < 1.29 is 33.8 Å². The number of ether oxygens (including phenoxy) is 2. The molecule has 10 nitrogen and oxygen atoms in total. The van der Waals surface area contributed by atoms with Gasteiger partial charge in [-0.25, -0.2) is 0 Å². The van der Waals surface area contributed by atoms with Gasteiger partial charge in [-0.3, -0.25) is 24.1 Å². The predicted molar refractivity (Wildman–Crippen MR) is 207 cm³/mol. The fourth-order valence-electron chi connectivity index (χ4n) is 8.40. The Hall–Kier alpha value is -2.66. The van der Waals surface area contributed by atoms with E-state index in [0.29, 0.717) is 13.0 Å². The largest absolute Gasteiger partial charge is 0.388 e. The Morgan fingerprint density at radius 2 is 1.46 bits per heavy atom. The molecule has 0 aliphatic carbocycles. The molecule has 1 unspecified atom stereocenters. The highest BCUT2D eigenvalue weighted by atomic mass is 16.5. The van der Waals surface area contributed by atoms with Gasteiger partial charge in [-0.1, -0.05) is 92.1 Å². The van der Waals surface area contributed by atoms with E-state index in [9.17, 15) is 24.3 Å². The molecule has 10 heteroatoms. The lowest BCUT2D eigenvalue weighted by Gasteiger charge is -2.41. The van der Waals surface area contributed by atoms with Crippen LogP contribution in [-0.2, 0) is 28.7 Å². The smallest absolute Gasteiger partial charge is 0.226 e. The van der Waals surface area contributed by atoms with Crippen LogP contribution >= 0.6 is 0 Å². The first kappa shape index (κ1) is 45.5. The number of likely N-dealkylation sites (tertiary alicyclic amines) is 1. The number of hydrogen-bond donors (Lipinski definition) is 1. The number of methoxy groups -OCH3 is 2. The van der Waals surface area contributed by atoms with Crippen molar-refractivity contribution in [2.45, 2.75) is 130 Å². The van der Waals surface area contributed by atoms with Gasteiger partial charge >= 0.3 is 0 Å². The second kappa shape index (κ2) is 21.3. The molecule has 1 aliphatic heterocycles. The van der Waals surface area contributed by atoms with E-state index < -0.39 is 36.2 Å². The highest BCUT2D eigenvalue weighted by Crippen LogP contribution is 2.32. The monoisotopic (exact) mass is 730 g/mol. The maximum Gasteiger partial charge on any atom is 0.226 e. The van der Waals surface area contributed by atoms with E-state index in [1.807, 2.05) is 95.8 Å². The van der Waals surface area contributed by atoms with E-state index >= 15 is 0 Å². The van der Waals surface area contributed by atoms with Gasteiger partial charge in [0.25, 0.3) is 0 Å². The fourth-order valence-corrected chi connectivity index (χ4v) is 8.40. The number of ketones is 2. The molecule has 1 saturated heterocycles. The van der Waals surface area contributed by atoms with Crippen LogP contribution in [-0.4, -0.2) is 115 Å². The van der Waals surface area contributed by atoms with Crippen LogP contribution in [0.5, 0.6) is 0 Å². The maximum atomic E-state index is 14.3. The highest BCUT2D eigenvalue weighted by Gasteiger charge is 2.43. The molecule has 0 spiro atoms. The Labute approximate surface area is 315 Å². The first-order valence-corrected chi connectivity index (χ1v) is 19.5. The van der Waals surface area contributed by atoms with Gasteiger partial charge in [0.05, 0.1) is 42.9 Å². The molecule has 0 saturated carbocycles. The van der Waals surface area contributed by atoms with E-state index in [1.165, 1.54) is 0 Å². The molecule has 10 atom stereocenters. The normalized spacial score (nSPS) is 20.2. The lowest BCUT2D eigenvalue weighted by Crippen LogP contribution is -2.54. The number of benzene rings is 1. The van der Waals surface area contributed by atoms with Crippen LogP contribution in [0.15, 0.2) is 30.3 Å². The fraction of sp³-hybridized carbons (Fsp3) is 0.762. The molecule has 1 heterocycles. The van der Waals surface area contributed by atoms with Gasteiger partial charge in [0, 0.05) is 52.5 Å². The molecule has 52 heavy (non-hydrogen) atoms. The molecule has 0 aromatic heterocycles. The molecule has 2 rings (SSSR count). The van der Waals surface area contributed by atoms with Gasteiger partial charge < -0.3 is 24.4 Å². The summed E-state index contributed by atoms with van der Waals surface area (Å²) in [6.07, 6.45) is 0.847. The molecular formula is C42H71N3O7. The van der Waals surface area contributed by atoms with E-state index in [1.54, 1.807) is 26.2 Å². The Morgan fingerprint density at radius 3 is 1.96 bits per heavy atom. The first-order chi connectivity index (χ1) is 24.4. The van der Waals surface area contributed by atoms with E-state index in [0.717, 1.165) is 18.4 Å². The van der Waals surface area contributed by atoms with Crippen molar-refractivity contribution in [2.24, 2.45) is 35.5 Å². The summed E-state index contributed by atoms with van der Waals surface area (Å²) in [6.45, 7) is 16.4. The van der Waals surface area contributed by atoms with Gasteiger partial charge in [0.2, 0.25) is 11.8 Å². The number of carbonyl (C=O) groups is 4. The van der Waals surface area contributed by atoms with Crippen LogP contribution in [0.1, 0.15) is 106 Å². The average molecular weight is 730 g/mol. The van der Waals surface area contributed by atoms with Crippen molar-refractivity contribution in [1.29, 1.82) is 0 Å². The minimum absolute atomic E-state index is 0.0103. The van der Waals surface area contributed by atoms with Crippen LogP contribution < -0.4 is 0 Å². The molecule has 296 valence electrons. The number of nitrogens with zero attached hydrogens (tertiary/aromatic N) is 3. The Morgan fingerprint density at radius 1 is 0.846 bits per heavy atom. The van der Waals surface area contributed by atoms with Crippen LogP contribution in [0.2, 0.25) is 0 Å². The minimum Gasteiger partial charge on any atom is -0.388 e. The number of rotatable bonds is 22. The summed E-state index contributed by atoms with van der Waals surface area (Å²) < 4.78 is 12.0. The van der Waals surface area contributed by atoms with E-state index in [-0.39, 0.29) is 78.4 Å². The second-order valence-corrected chi connectivity index (χ2v) is 16.3. The summed E-state index contributed by atoms with van der Waals surface area (Å²) in [5.74, 6) is -1.35. The molecule has 0 radical (unpaired) electrons. The summed E-state index contributed by atoms with van der Waals surface area (Å²) in [5.41, 5.74) is 0.777. The number of likely N-dealkylation sites (N-methyl/N-ethyl adjacent to an activating group) is 2. The van der Waals surface area contributed by atoms with Gasteiger partial charge in [-0.15, -0.1) is 0 Å². The van der Waals surface area contributed by atoms with Gasteiger partial charge in [0.15, 0.2) is 5.78 Å². The Bertz CT molecular complexity index is 1260. The third-order valence-electron chi connectivity index (χ3n) is 11.6. The average Bonchev–Trinajstić information content (AvgIpc) is 3.59. The molecule has 1 N–H and O–H groups in total.